The van der Waals surface area contributed by atoms with Crippen molar-refractivity contribution in [3.05, 3.63) is 24.0 Å². The minimum absolute atomic E-state index is 0.00117. The van der Waals surface area contributed by atoms with Gasteiger partial charge in [-0.3, -0.25) is 4.79 Å². The maximum Gasteiger partial charge on any atom is 0.274 e. The van der Waals surface area contributed by atoms with E-state index in [1.54, 1.807) is 6.07 Å². The van der Waals surface area contributed by atoms with Gasteiger partial charge in [-0.15, -0.1) is 0 Å². The Morgan fingerprint density at radius 2 is 2.29 bits per heavy atom. The van der Waals surface area contributed by atoms with E-state index >= 15 is 0 Å². The van der Waals surface area contributed by atoms with Crippen LogP contribution in [0.1, 0.15) is 37.2 Å². The number of aliphatic hydroxyl groups excluding tert-OH is 1. The number of aliphatic hydroxyl groups is 1. The van der Waals surface area contributed by atoms with Crippen molar-refractivity contribution < 1.29 is 15.0 Å². The number of aromatic nitrogens is 1. The Labute approximate surface area is 101 Å². The fourth-order valence-corrected chi connectivity index (χ4v) is 1.48. The van der Waals surface area contributed by atoms with Crippen molar-refractivity contribution in [2.75, 3.05) is 6.61 Å². The van der Waals surface area contributed by atoms with Gasteiger partial charge < -0.3 is 15.5 Å². The first-order valence-electron chi connectivity index (χ1n) is 5.60. The molecule has 5 heteroatoms. The van der Waals surface area contributed by atoms with Crippen LogP contribution in [0.15, 0.2) is 18.3 Å². The highest BCUT2D eigenvalue weighted by molar-refractivity contribution is 5.95. The van der Waals surface area contributed by atoms with Crippen LogP contribution in [0.5, 0.6) is 5.75 Å². The molecule has 1 atom stereocenters. The molecule has 1 aromatic rings. The summed E-state index contributed by atoms with van der Waals surface area (Å²) in [6.45, 7) is 3.77. The van der Waals surface area contributed by atoms with E-state index in [-0.39, 0.29) is 18.1 Å². The number of hydrogen-bond acceptors (Lipinski definition) is 4. The lowest BCUT2D eigenvalue weighted by Gasteiger charge is -2.28. The SMILES string of the molecule is CC[C@@](C)(CCO)NC(=O)c1ncccc1O. The van der Waals surface area contributed by atoms with Crippen molar-refractivity contribution in [1.29, 1.82) is 0 Å². The molecule has 1 amide bonds. The molecular weight excluding hydrogens is 220 g/mol. The van der Waals surface area contributed by atoms with Crippen LogP contribution in [-0.4, -0.2) is 33.3 Å². The van der Waals surface area contributed by atoms with Crippen LogP contribution >= 0.6 is 0 Å². The molecule has 0 unspecified atom stereocenters. The van der Waals surface area contributed by atoms with Crippen molar-refractivity contribution in [3.8, 4) is 5.75 Å². The molecule has 0 saturated heterocycles. The molecule has 0 fully saturated rings. The molecule has 0 radical (unpaired) electrons. The third-order valence-electron chi connectivity index (χ3n) is 2.86. The number of nitrogens with one attached hydrogen (secondary N) is 1. The fraction of sp³-hybridized carbons (Fsp3) is 0.500. The lowest BCUT2D eigenvalue weighted by atomic mass is 9.94. The van der Waals surface area contributed by atoms with Crippen LogP contribution in [-0.2, 0) is 0 Å². The van der Waals surface area contributed by atoms with Gasteiger partial charge in [0.1, 0.15) is 5.75 Å². The number of carbonyl (C=O) groups excluding carboxylic acids is 1. The number of nitrogens with zero attached hydrogens (tertiary/aromatic N) is 1. The number of pyridine rings is 1. The summed E-state index contributed by atoms with van der Waals surface area (Å²) in [5, 5.41) is 21.2. The fourth-order valence-electron chi connectivity index (χ4n) is 1.48. The first kappa shape index (κ1) is 13.4. The van der Waals surface area contributed by atoms with Gasteiger partial charge in [0.2, 0.25) is 0 Å². The predicted molar refractivity (Wildman–Crippen MR) is 63.8 cm³/mol. The first-order valence-corrected chi connectivity index (χ1v) is 5.60. The summed E-state index contributed by atoms with van der Waals surface area (Å²) in [5.74, 6) is -0.576. The summed E-state index contributed by atoms with van der Waals surface area (Å²) < 4.78 is 0. The van der Waals surface area contributed by atoms with Gasteiger partial charge in [-0.25, -0.2) is 4.98 Å². The van der Waals surface area contributed by atoms with Gasteiger partial charge in [0.05, 0.1) is 0 Å². The molecule has 5 nitrogen and oxygen atoms in total. The van der Waals surface area contributed by atoms with Crippen molar-refractivity contribution >= 4 is 5.91 Å². The summed E-state index contributed by atoms with van der Waals surface area (Å²) in [5.41, 5.74) is -0.486. The summed E-state index contributed by atoms with van der Waals surface area (Å²) in [4.78, 5) is 15.7. The molecule has 1 aromatic heterocycles. The zero-order chi connectivity index (χ0) is 12.9. The van der Waals surface area contributed by atoms with Crippen LogP contribution in [0, 0.1) is 0 Å². The van der Waals surface area contributed by atoms with Gasteiger partial charge in [-0.2, -0.15) is 0 Å². The van der Waals surface area contributed by atoms with Gasteiger partial charge in [-0.05, 0) is 31.9 Å². The second-order valence-electron chi connectivity index (χ2n) is 4.21. The average Bonchev–Trinajstić information content (AvgIpc) is 2.29. The highest BCUT2D eigenvalue weighted by Gasteiger charge is 2.25. The summed E-state index contributed by atoms with van der Waals surface area (Å²) in [6.07, 6.45) is 2.60. The van der Waals surface area contributed by atoms with E-state index < -0.39 is 11.4 Å². The molecule has 1 rings (SSSR count). The highest BCUT2D eigenvalue weighted by Crippen LogP contribution is 2.17. The predicted octanol–water partition coefficient (Wildman–Crippen LogP) is 1.07. The monoisotopic (exact) mass is 238 g/mol. The molecule has 94 valence electrons. The largest absolute Gasteiger partial charge is 0.505 e. The van der Waals surface area contributed by atoms with E-state index in [1.165, 1.54) is 12.3 Å². The van der Waals surface area contributed by atoms with Crippen LogP contribution in [0.2, 0.25) is 0 Å². The van der Waals surface area contributed by atoms with E-state index in [4.69, 9.17) is 5.11 Å². The quantitative estimate of drug-likeness (QED) is 0.716. The van der Waals surface area contributed by atoms with Crippen molar-refractivity contribution in [2.45, 2.75) is 32.2 Å². The van der Waals surface area contributed by atoms with Gasteiger partial charge in [0, 0.05) is 18.3 Å². The Morgan fingerprint density at radius 3 is 2.82 bits per heavy atom. The second-order valence-corrected chi connectivity index (χ2v) is 4.21. The van der Waals surface area contributed by atoms with E-state index in [0.29, 0.717) is 12.8 Å². The lowest BCUT2D eigenvalue weighted by molar-refractivity contribution is 0.0878. The number of carbonyl (C=O) groups is 1. The van der Waals surface area contributed by atoms with E-state index in [1.807, 2.05) is 13.8 Å². The second kappa shape index (κ2) is 5.63. The van der Waals surface area contributed by atoms with Crippen LogP contribution < -0.4 is 5.32 Å². The minimum atomic E-state index is -0.490. The Bertz CT molecular complexity index is 395. The number of rotatable bonds is 5. The molecule has 1 heterocycles. The Hall–Kier alpha value is -1.62. The maximum atomic E-state index is 11.9. The molecule has 0 saturated carbocycles. The van der Waals surface area contributed by atoms with Gasteiger partial charge in [-0.1, -0.05) is 6.92 Å². The molecule has 0 aliphatic rings. The Balaban J connectivity index is 2.82. The van der Waals surface area contributed by atoms with E-state index in [0.717, 1.165) is 0 Å². The minimum Gasteiger partial charge on any atom is -0.505 e. The third kappa shape index (κ3) is 3.42. The van der Waals surface area contributed by atoms with Gasteiger partial charge in [0.15, 0.2) is 5.69 Å². The average molecular weight is 238 g/mol. The van der Waals surface area contributed by atoms with Crippen LogP contribution in [0.25, 0.3) is 0 Å². The normalized spacial score (nSPS) is 14.1. The number of hydrogen-bond donors (Lipinski definition) is 3. The summed E-state index contributed by atoms with van der Waals surface area (Å²) in [7, 11) is 0. The van der Waals surface area contributed by atoms with Crippen LogP contribution in [0.3, 0.4) is 0 Å². The molecule has 3 N–H and O–H groups in total. The molecule has 0 aliphatic carbocycles. The Kier molecular flexibility index (Phi) is 4.45. The molecule has 0 bridgehead atoms. The zero-order valence-electron chi connectivity index (χ0n) is 10.1. The highest BCUT2D eigenvalue weighted by atomic mass is 16.3. The van der Waals surface area contributed by atoms with E-state index in [2.05, 4.69) is 10.3 Å². The van der Waals surface area contributed by atoms with E-state index in [9.17, 15) is 9.90 Å². The lowest BCUT2D eigenvalue weighted by Crippen LogP contribution is -2.46. The van der Waals surface area contributed by atoms with Gasteiger partial charge >= 0.3 is 0 Å². The summed E-state index contributed by atoms with van der Waals surface area (Å²) in [6, 6.07) is 2.97. The molecule has 17 heavy (non-hydrogen) atoms. The van der Waals surface area contributed by atoms with Crippen molar-refractivity contribution in [1.82, 2.24) is 10.3 Å². The van der Waals surface area contributed by atoms with Crippen molar-refractivity contribution in [2.24, 2.45) is 0 Å². The smallest absolute Gasteiger partial charge is 0.274 e. The topological polar surface area (TPSA) is 82.5 Å². The standard InChI is InChI=1S/C12H18N2O3/c1-3-12(2,6-8-15)14-11(17)10-9(16)5-4-7-13-10/h4-5,7,15-16H,3,6,8H2,1-2H3,(H,14,17)/t12-/m0/s1. The zero-order valence-corrected chi connectivity index (χ0v) is 10.1. The maximum absolute atomic E-state index is 11.9. The Morgan fingerprint density at radius 1 is 1.59 bits per heavy atom. The molecule has 0 aliphatic heterocycles. The van der Waals surface area contributed by atoms with Crippen LogP contribution in [0.4, 0.5) is 0 Å². The number of amides is 1. The summed E-state index contributed by atoms with van der Waals surface area (Å²) >= 11 is 0. The molecule has 0 spiro atoms. The molecule has 0 aromatic carbocycles. The van der Waals surface area contributed by atoms with Crippen molar-refractivity contribution in [3.63, 3.8) is 0 Å². The first-order chi connectivity index (χ1) is 8.02. The molecular formula is C12H18N2O3. The number of aromatic hydroxyl groups is 1. The van der Waals surface area contributed by atoms with Gasteiger partial charge in [0.25, 0.3) is 5.91 Å². The third-order valence-corrected chi connectivity index (χ3v) is 2.86.